The maximum Gasteiger partial charge on any atom is -0.00722 e. The fourth-order valence-electron chi connectivity index (χ4n) is 3.51. The minimum absolute atomic E-state index is 0.331. The molecule has 1 aliphatic carbocycles. The van der Waals surface area contributed by atoms with Crippen molar-refractivity contribution >= 4 is 0 Å². The molecular weight excluding hydrogens is 192 g/mol. The molecule has 1 aromatic carbocycles. The molecule has 0 fully saturated rings. The highest BCUT2D eigenvalue weighted by Crippen LogP contribution is 2.48. The van der Waals surface area contributed by atoms with Crippen LogP contribution in [0.3, 0.4) is 0 Å². The first kappa shape index (κ1) is 11.7. The van der Waals surface area contributed by atoms with E-state index in [2.05, 4.69) is 53.7 Å². The third kappa shape index (κ3) is 1.50. The predicted molar refractivity (Wildman–Crippen MR) is 71.1 cm³/mol. The molecule has 0 heteroatoms. The van der Waals surface area contributed by atoms with Crippen molar-refractivity contribution in [3.8, 4) is 0 Å². The van der Waals surface area contributed by atoms with E-state index in [0.29, 0.717) is 5.41 Å². The highest BCUT2D eigenvalue weighted by molar-refractivity contribution is 5.48. The second-order valence-corrected chi connectivity index (χ2v) is 6.25. The van der Waals surface area contributed by atoms with Crippen LogP contribution in [-0.4, -0.2) is 0 Å². The lowest BCUT2D eigenvalue weighted by Crippen LogP contribution is -2.35. The third-order valence-electron chi connectivity index (χ3n) is 4.75. The van der Waals surface area contributed by atoms with Crippen LogP contribution >= 0.6 is 0 Å². The Hall–Kier alpha value is -0.780. The Bertz CT molecular complexity index is 412. The lowest BCUT2D eigenvalue weighted by Gasteiger charge is -2.43. The molecule has 0 aromatic heterocycles. The van der Waals surface area contributed by atoms with Crippen LogP contribution in [0.1, 0.15) is 62.3 Å². The Labute approximate surface area is 100 Å². The molecule has 1 aliphatic rings. The summed E-state index contributed by atoms with van der Waals surface area (Å²) in [6.45, 7) is 14.1. The zero-order valence-electron chi connectivity index (χ0n) is 11.5. The Morgan fingerprint density at radius 3 is 2.25 bits per heavy atom. The van der Waals surface area contributed by atoms with Gasteiger partial charge in [-0.3, -0.25) is 0 Å². The second-order valence-electron chi connectivity index (χ2n) is 6.25. The summed E-state index contributed by atoms with van der Waals surface area (Å²) in [6.07, 6.45) is 1.32. The van der Waals surface area contributed by atoms with Gasteiger partial charge in [-0.2, -0.15) is 0 Å². The first-order valence-electron chi connectivity index (χ1n) is 6.46. The molecule has 0 saturated heterocycles. The molecule has 0 amide bonds. The molecule has 88 valence electrons. The molecule has 0 spiro atoms. The van der Waals surface area contributed by atoms with E-state index in [4.69, 9.17) is 0 Å². The smallest absolute Gasteiger partial charge is 0.00722 e. The summed E-state index contributed by atoms with van der Waals surface area (Å²) < 4.78 is 0. The largest absolute Gasteiger partial charge is 0.0617 e. The normalized spacial score (nSPS) is 27.6. The standard InChI is InChI=1S/C16H24/c1-10-7-8-11(2)15-14(10)12(3)9-13(4)16(15,5)6/h7-8,12-13H,9H2,1-6H3. The van der Waals surface area contributed by atoms with Gasteiger partial charge in [0.25, 0.3) is 0 Å². The van der Waals surface area contributed by atoms with Crippen LogP contribution in [0.4, 0.5) is 0 Å². The number of rotatable bonds is 0. The minimum Gasteiger partial charge on any atom is -0.0617 e. The average molecular weight is 216 g/mol. The molecule has 0 aliphatic heterocycles. The van der Waals surface area contributed by atoms with Gasteiger partial charge >= 0.3 is 0 Å². The van der Waals surface area contributed by atoms with Gasteiger partial charge in [0.15, 0.2) is 0 Å². The van der Waals surface area contributed by atoms with Gasteiger partial charge in [-0.1, -0.05) is 39.8 Å². The number of aryl methyl sites for hydroxylation is 2. The van der Waals surface area contributed by atoms with E-state index in [1.165, 1.54) is 17.5 Å². The van der Waals surface area contributed by atoms with Crippen LogP contribution in [-0.2, 0) is 5.41 Å². The fraction of sp³-hybridized carbons (Fsp3) is 0.625. The van der Waals surface area contributed by atoms with Crippen LogP contribution in [0.25, 0.3) is 0 Å². The van der Waals surface area contributed by atoms with Gasteiger partial charge in [-0.15, -0.1) is 0 Å². The minimum atomic E-state index is 0.331. The van der Waals surface area contributed by atoms with Crippen molar-refractivity contribution in [3.05, 3.63) is 34.4 Å². The Morgan fingerprint density at radius 1 is 1.06 bits per heavy atom. The molecule has 1 aromatic rings. The van der Waals surface area contributed by atoms with Crippen molar-refractivity contribution in [3.63, 3.8) is 0 Å². The lowest BCUT2D eigenvalue weighted by atomic mass is 9.61. The van der Waals surface area contributed by atoms with Crippen LogP contribution in [0.5, 0.6) is 0 Å². The summed E-state index contributed by atoms with van der Waals surface area (Å²) in [5.41, 5.74) is 6.54. The third-order valence-corrected chi connectivity index (χ3v) is 4.75. The summed E-state index contributed by atoms with van der Waals surface area (Å²) in [5.74, 6) is 1.49. The first-order chi connectivity index (χ1) is 7.35. The Morgan fingerprint density at radius 2 is 1.62 bits per heavy atom. The summed E-state index contributed by atoms with van der Waals surface area (Å²) in [4.78, 5) is 0. The maximum absolute atomic E-state index is 2.41. The maximum atomic E-state index is 2.41. The van der Waals surface area contributed by atoms with E-state index in [1.54, 1.807) is 11.1 Å². The van der Waals surface area contributed by atoms with Gasteiger partial charge in [0.2, 0.25) is 0 Å². The van der Waals surface area contributed by atoms with E-state index in [1.807, 2.05) is 0 Å². The lowest BCUT2D eigenvalue weighted by molar-refractivity contribution is 0.279. The van der Waals surface area contributed by atoms with Crippen molar-refractivity contribution in [1.29, 1.82) is 0 Å². The van der Waals surface area contributed by atoms with Crippen LogP contribution < -0.4 is 0 Å². The Kier molecular flexibility index (Phi) is 2.64. The second kappa shape index (κ2) is 3.61. The molecule has 0 N–H and O–H groups in total. The highest BCUT2D eigenvalue weighted by atomic mass is 14.4. The van der Waals surface area contributed by atoms with E-state index in [-0.39, 0.29) is 0 Å². The van der Waals surface area contributed by atoms with Gasteiger partial charge in [0.05, 0.1) is 0 Å². The van der Waals surface area contributed by atoms with Crippen molar-refractivity contribution in [2.45, 2.75) is 59.3 Å². The molecule has 0 radical (unpaired) electrons. The molecule has 2 unspecified atom stereocenters. The fourth-order valence-corrected chi connectivity index (χ4v) is 3.51. The summed E-state index contributed by atoms with van der Waals surface area (Å²) >= 11 is 0. The predicted octanol–water partition coefficient (Wildman–Crippen LogP) is 4.72. The van der Waals surface area contributed by atoms with Gasteiger partial charge in [0.1, 0.15) is 0 Å². The molecule has 2 rings (SSSR count). The monoisotopic (exact) mass is 216 g/mol. The van der Waals surface area contributed by atoms with Crippen molar-refractivity contribution in [1.82, 2.24) is 0 Å². The number of hydrogen-bond donors (Lipinski definition) is 0. The van der Waals surface area contributed by atoms with E-state index in [9.17, 15) is 0 Å². The van der Waals surface area contributed by atoms with Crippen LogP contribution in [0.2, 0.25) is 0 Å². The molecular formula is C16H24. The molecule has 0 bridgehead atoms. The topological polar surface area (TPSA) is 0 Å². The van der Waals surface area contributed by atoms with Gasteiger partial charge in [-0.05, 0) is 59.8 Å². The van der Waals surface area contributed by atoms with E-state index in [0.717, 1.165) is 11.8 Å². The van der Waals surface area contributed by atoms with E-state index < -0.39 is 0 Å². The number of fused-ring (bicyclic) bond motifs is 1. The zero-order valence-corrected chi connectivity index (χ0v) is 11.5. The molecule has 16 heavy (non-hydrogen) atoms. The summed E-state index contributed by atoms with van der Waals surface area (Å²) in [7, 11) is 0. The highest BCUT2D eigenvalue weighted by Gasteiger charge is 2.38. The molecule has 0 heterocycles. The van der Waals surface area contributed by atoms with Crippen LogP contribution in [0.15, 0.2) is 12.1 Å². The zero-order chi connectivity index (χ0) is 12.1. The SMILES string of the molecule is Cc1ccc(C)c2c1C(C)CC(C)C2(C)C. The van der Waals surface area contributed by atoms with Crippen molar-refractivity contribution < 1.29 is 0 Å². The summed E-state index contributed by atoms with van der Waals surface area (Å²) in [6, 6.07) is 4.58. The van der Waals surface area contributed by atoms with Gasteiger partial charge in [-0.25, -0.2) is 0 Å². The first-order valence-corrected chi connectivity index (χ1v) is 6.46. The van der Waals surface area contributed by atoms with Crippen molar-refractivity contribution in [2.24, 2.45) is 5.92 Å². The quantitative estimate of drug-likeness (QED) is 0.588. The summed E-state index contributed by atoms with van der Waals surface area (Å²) in [5, 5.41) is 0. The Balaban J connectivity index is 2.74. The van der Waals surface area contributed by atoms with E-state index >= 15 is 0 Å². The van der Waals surface area contributed by atoms with Gasteiger partial charge in [0, 0.05) is 0 Å². The molecule has 2 atom stereocenters. The van der Waals surface area contributed by atoms with Crippen LogP contribution in [0, 0.1) is 19.8 Å². The number of hydrogen-bond acceptors (Lipinski definition) is 0. The molecule has 0 saturated carbocycles. The average Bonchev–Trinajstić information content (AvgIpc) is 2.18. The van der Waals surface area contributed by atoms with Crippen molar-refractivity contribution in [2.75, 3.05) is 0 Å². The number of benzene rings is 1. The van der Waals surface area contributed by atoms with Gasteiger partial charge < -0.3 is 0 Å². The molecule has 0 nitrogen and oxygen atoms in total.